The Bertz CT molecular complexity index is 1040. The van der Waals surface area contributed by atoms with Gasteiger partial charge in [0.15, 0.2) is 5.82 Å². The second-order valence-electron chi connectivity index (χ2n) is 7.72. The van der Waals surface area contributed by atoms with E-state index in [2.05, 4.69) is 27.3 Å². The van der Waals surface area contributed by atoms with E-state index in [0.29, 0.717) is 39.3 Å². The lowest BCUT2D eigenvalue weighted by Crippen LogP contribution is -2.52. The zero-order valence-corrected chi connectivity index (χ0v) is 18.3. The van der Waals surface area contributed by atoms with E-state index >= 15 is 0 Å². The number of carbonyl (C=O) groups excluding carboxylic acids is 1. The van der Waals surface area contributed by atoms with Crippen LogP contribution in [0.1, 0.15) is 17.8 Å². The molecule has 164 valence electrons. The summed E-state index contributed by atoms with van der Waals surface area (Å²) in [6.45, 7) is 7.93. The van der Waals surface area contributed by atoms with Crippen molar-refractivity contribution < 1.29 is 9.53 Å². The van der Waals surface area contributed by atoms with Crippen LogP contribution < -0.4 is 10.2 Å². The molecule has 3 aromatic rings. The number of urea groups is 1. The predicted molar refractivity (Wildman–Crippen MR) is 120 cm³/mol. The van der Waals surface area contributed by atoms with Gasteiger partial charge in [-0.2, -0.15) is 10.2 Å². The van der Waals surface area contributed by atoms with Crippen LogP contribution in [-0.4, -0.2) is 77.3 Å². The molecule has 9 nitrogen and oxygen atoms in total. The Morgan fingerprint density at radius 1 is 1.10 bits per heavy atom. The molecule has 3 heterocycles. The van der Waals surface area contributed by atoms with Gasteiger partial charge in [0.2, 0.25) is 0 Å². The molecule has 0 bridgehead atoms. The first kappa shape index (κ1) is 21.0. The molecule has 2 amide bonds. The van der Waals surface area contributed by atoms with Crippen molar-refractivity contribution in [1.82, 2.24) is 30.2 Å². The summed E-state index contributed by atoms with van der Waals surface area (Å²) in [5.74, 6) is 0.776. The van der Waals surface area contributed by atoms with Crippen LogP contribution >= 0.6 is 0 Å². The van der Waals surface area contributed by atoms with Crippen molar-refractivity contribution in [3.05, 3.63) is 41.7 Å². The third-order valence-corrected chi connectivity index (χ3v) is 5.65. The highest BCUT2D eigenvalue weighted by atomic mass is 16.5. The first-order chi connectivity index (χ1) is 15.1. The van der Waals surface area contributed by atoms with Crippen molar-refractivity contribution in [1.29, 1.82) is 0 Å². The monoisotopic (exact) mass is 423 g/mol. The molecule has 4 rings (SSSR count). The van der Waals surface area contributed by atoms with E-state index in [9.17, 15) is 4.79 Å². The molecule has 31 heavy (non-hydrogen) atoms. The average Bonchev–Trinajstić information content (AvgIpc) is 3.15. The molecule has 1 aliphatic heterocycles. The van der Waals surface area contributed by atoms with Gasteiger partial charge in [-0.25, -0.2) is 9.48 Å². The summed E-state index contributed by atoms with van der Waals surface area (Å²) >= 11 is 0. The van der Waals surface area contributed by atoms with E-state index in [1.165, 1.54) is 0 Å². The molecule has 1 aromatic carbocycles. The standard InChI is InChI=1S/C22H29N7O2/c1-16-19-17(2)29(18-8-5-4-6-9-18)26-20(19)21(25-24-16)27-11-13-28(14-12-27)22(30)23-10-7-15-31-3/h4-6,8-9H,7,10-15H2,1-3H3,(H,23,30). The number of amides is 2. The lowest BCUT2D eigenvalue weighted by Gasteiger charge is -2.35. The molecule has 0 aliphatic carbocycles. The summed E-state index contributed by atoms with van der Waals surface area (Å²) in [5, 5.41) is 17.8. The SMILES string of the molecule is COCCCNC(=O)N1CCN(c2nnc(C)c3c(C)n(-c4ccccc4)nc23)CC1. The number of nitrogens with zero attached hydrogens (tertiary/aromatic N) is 6. The highest BCUT2D eigenvalue weighted by molar-refractivity contribution is 5.92. The van der Waals surface area contributed by atoms with Gasteiger partial charge in [-0.1, -0.05) is 18.2 Å². The van der Waals surface area contributed by atoms with E-state index in [1.54, 1.807) is 7.11 Å². The van der Waals surface area contributed by atoms with E-state index in [1.807, 2.05) is 46.8 Å². The zero-order chi connectivity index (χ0) is 21.8. The van der Waals surface area contributed by atoms with Crippen LogP contribution in [0.5, 0.6) is 0 Å². The Balaban J connectivity index is 1.52. The quantitative estimate of drug-likeness (QED) is 0.612. The molecule has 0 atom stereocenters. The van der Waals surface area contributed by atoms with Crippen LogP contribution in [0.3, 0.4) is 0 Å². The van der Waals surface area contributed by atoms with Gasteiger partial charge in [-0.05, 0) is 32.4 Å². The Labute approximate surface area is 182 Å². The van der Waals surface area contributed by atoms with Gasteiger partial charge in [0.1, 0.15) is 5.52 Å². The maximum Gasteiger partial charge on any atom is 0.317 e. The summed E-state index contributed by atoms with van der Waals surface area (Å²) < 4.78 is 6.97. The van der Waals surface area contributed by atoms with Crippen molar-refractivity contribution in [2.45, 2.75) is 20.3 Å². The molecule has 0 saturated carbocycles. The number of aryl methyl sites for hydroxylation is 2. The first-order valence-electron chi connectivity index (χ1n) is 10.6. The minimum absolute atomic E-state index is 0.0277. The van der Waals surface area contributed by atoms with Gasteiger partial charge in [0.25, 0.3) is 0 Å². The van der Waals surface area contributed by atoms with E-state index in [4.69, 9.17) is 9.84 Å². The second-order valence-corrected chi connectivity index (χ2v) is 7.72. The molecule has 1 aliphatic rings. The number of nitrogens with one attached hydrogen (secondary N) is 1. The maximum absolute atomic E-state index is 12.4. The molecule has 2 aromatic heterocycles. The number of carbonyl (C=O) groups is 1. The topological polar surface area (TPSA) is 88.4 Å². The number of anilines is 1. The predicted octanol–water partition coefficient (Wildman–Crippen LogP) is 2.30. The number of para-hydroxylation sites is 1. The fourth-order valence-corrected chi connectivity index (χ4v) is 3.99. The number of aromatic nitrogens is 4. The third kappa shape index (κ3) is 4.32. The third-order valence-electron chi connectivity index (χ3n) is 5.65. The average molecular weight is 424 g/mol. The number of hydrogen-bond donors (Lipinski definition) is 1. The van der Waals surface area contributed by atoms with Crippen molar-refractivity contribution in [2.75, 3.05) is 51.3 Å². The Kier molecular flexibility index (Phi) is 6.31. The normalized spacial score (nSPS) is 14.3. The lowest BCUT2D eigenvalue weighted by molar-refractivity contribution is 0.183. The molecule has 0 unspecified atom stereocenters. The van der Waals surface area contributed by atoms with Gasteiger partial charge < -0.3 is 19.9 Å². The van der Waals surface area contributed by atoms with E-state index in [0.717, 1.165) is 40.2 Å². The number of benzene rings is 1. The van der Waals surface area contributed by atoms with Crippen LogP contribution in [0.15, 0.2) is 30.3 Å². The van der Waals surface area contributed by atoms with Crippen LogP contribution in [-0.2, 0) is 4.74 Å². The van der Waals surface area contributed by atoms with Crippen molar-refractivity contribution in [3.63, 3.8) is 0 Å². The molecule has 1 N–H and O–H groups in total. The van der Waals surface area contributed by atoms with Gasteiger partial charge in [-0.3, -0.25) is 0 Å². The molecular formula is C22H29N7O2. The number of ether oxygens (including phenoxy) is 1. The van der Waals surface area contributed by atoms with Crippen molar-refractivity contribution in [3.8, 4) is 5.69 Å². The van der Waals surface area contributed by atoms with Gasteiger partial charge in [0.05, 0.1) is 22.5 Å². The van der Waals surface area contributed by atoms with Gasteiger partial charge >= 0.3 is 6.03 Å². The highest BCUT2D eigenvalue weighted by Gasteiger charge is 2.25. The zero-order valence-electron chi connectivity index (χ0n) is 18.3. The maximum atomic E-state index is 12.4. The number of hydrogen-bond acceptors (Lipinski definition) is 6. The number of piperazine rings is 1. The van der Waals surface area contributed by atoms with Crippen molar-refractivity contribution in [2.24, 2.45) is 0 Å². The van der Waals surface area contributed by atoms with Gasteiger partial charge in [-0.15, -0.1) is 5.10 Å². The summed E-state index contributed by atoms with van der Waals surface area (Å²) in [7, 11) is 1.66. The highest BCUT2D eigenvalue weighted by Crippen LogP contribution is 2.29. The molecular weight excluding hydrogens is 394 g/mol. The first-order valence-corrected chi connectivity index (χ1v) is 10.6. The fraction of sp³-hybridized carbons (Fsp3) is 0.455. The largest absolute Gasteiger partial charge is 0.385 e. The molecule has 9 heteroatoms. The van der Waals surface area contributed by atoms with Crippen LogP contribution in [0, 0.1) is 13.8 Å². The second kappa shape index (κ2) is 9.30. The smallest absolute Gasteiger partial charge is 0.317 e. The molecule has 1 saturated heterocycles. The lowest BCUT2D eigenvalue weighted by atomic mass is 10.2. The Morgan fingerprint density at radius 3 is 2.55 bits per heavy atom. The van der Waals surface area contributed by atoms with Crippen LogP contribution in [0.25, 0.3) is 16.6 Å². The Hall–Kier alpha value is -3.20. The minimum Gasteiger partial charge on any atom is -0.385 e. The summed E-state index contributed by atoms with van der Waals surface area (Å²) in [6, 6.07) is 10.1. The number of rotatable bonds is 6. The minimum atomic E-state index is -0.0277. The van der Waals surface area contributed by atoms with E-state index in [-0.39, 0.29) is 6.03 Å². The summed E-state index contributed by atoms with van der Waals surface area (Å²) in [4.78, 5) is 16.4. The number of fused-ring (bicyclic) bond motifs is 1. The molecule has 1 fully saturated rings. The molecule has 0 spiro atoms. The van der Waals surface area contributed by atoms with Gasteiger partial charge in [0, 0.05) is 46.4 Å². The molecule has 0 radical (unpaired) electrons. The fourth-order valence-electron chi connectivity index (χ4n) is 3.99. The van der Waals surface area contributed by atoms with Crippen molar-refractivity contribution >= 4 is 22.8 Å². The van der Waals surface area contributed by atoms with Crippen LogP contribution in [0.4, 0.5) is 10.6 Å². The summed E-state index contributed by atoms with van der Waals surface area (Å²) in [5.41, 5.74) is 3.78. The van der Waals surface area contributed by atoms with Crippen LogP contribution in [0.2, 0.25) is 0 Å². The summed E-state index contributed by atoms with van der Waals surface area (Å²) in [6.07, 6.45) is 0.808. The Morgan fingerprint density at radius 2 is 1.84 bits per heavy atom. The number of methoxy groups -OCH3 is 1. The van der Waals surface area contributed by atoms with E-state index < -0.39 is 0 Å².